The summed E-state index contributed by atoms with van der Waals surface area (Å²) in [5, 5.41) is 2.45. The number of hydrogen-bond acceptors (Lipinski definition) is 4. The fraction of sp³-hybridized carbons (Fsp3) is 0.190. The molecule has 2 atom stereocenters. The van der Waals surface area contributed by atoms with Gasteiger partial charge in [-0.25, -0.2) is 8.78 Å². The zero-order chi connectivity index (χ0) is 23.0. The fourth-order valence-corrected chi connectivity index (χ4v) is 6.00. The standard InChI is InChI=1S/C21H18ClF2N3O3S2/c1-27-18(21(28)25-14-6-7-16(24)15(22)10-14)11-17(26-32(27,29)30)20-9-8-19(31-20)12-2-4-13(23)5-3-12/h2-10,17-18,26H,11H2,1H3,(H,25,28). The second kappa shape index (κ2) is 8.87. The van der Waals surface area contributed by atoms with E-state index in [-0.39, 0.29) is 22.9 Å². The minimum absolute atomic E-state index is 0.154. The van der Waals surface area contributed by atoms with E-state index in [4.69, 9.17) is 11.6 Å². The van der Waals surface area contributed by atoms with Crippen molar-refractivity contribution in [3.05, 3.63) is 76.1 Å². The number of thiophene rings is 1. The lowest BCUT2D eigenvalue weighted by Crippen LogP contribution is -2.55. The van der Waals surface area contributed by atoms with Gasteiger partial charge in [0, 0.05) is 22.5 Å². The van der Waals surface area contributed by atoms with Crippen molar-refractivity contribution in [1.29, 1.82) is 0 Å². The van der Waals surface area contributed by atoms with Crippen LogP contribution in [0.5, 0.6) is 0 Å². The Morgan fingerprint density at radius 2 is 1.88 bits per heavy atom. The average Bonchev–Trinajstić information content (AvgIpc) is 3.23. The Balaban J connectivity index is 1.56. The molecule has 2 heterocycles. The normalized spacial score (nSPS) is 20.8. The van der Waals surface area contributed by atoms with Crippen LogP contribution in [0.15, 0.2) is 54.6 Å². The number of benzene rings is 2. The van der Waals surface area contributed by atoms with Gasteiger partial charge in [0.15, 0.2) is 0 Å². The summed E-state index contributed by atoms with van der Waals surface area (Å²) in [7, 11) is -2.61. The summed E-state index contributed by atoms with van der Waals surface area (Å²) in [6.45, 7) is 0. The van der Waals surface area contributed by atoms with Crippen LogP contribution in [-0.4, -0.2) is 31.7 Å². The largest absolute Gasteiger partial charge is 0.325 e. The number of carbonyl (C=O) groups is 1. The van der Waals surface area contributed by atoms with Crippen molar-refractivity contribution in [3.63, 3.8) is 0 Å². The molecule has 2 aromatic carbocycles. The van der Waals surface area contributed by atoms with Crippen LogP contribution in [0.25, 0.3) is 10.4 Å². The van der Waals surface area contributed by atoms with E-state index < -0.39 is 34.0 Å². The first-order chi connectivity index (χ1) is 15.1. The van der Waals surface area contributed by atoms with Crippen LogP contribution < -0.4 is 10.0 Å². The Bertz CT molecular complexity index is 1270. The maximum Gasteiger partial charge on any atom is 0.280 e. The zero-order valence-electron chi connectivity index (χ0n) is 16.7. The predicted molar refractivity (Wildman–Crippen MR) is 121 cm³/mol. The third-order valence-corrected chi connectivity index (χ3v) is 8.29. The molecule has 4 rings (SSSR count). The summed E-state index contributed by atoms with van der Waals surface area (Å²) in [6, 6.07) is 11.7. The number of nitrogens with one attached hydrogen (secondary N) is 2. The van der Waals surface area contributed by atoms with E-state index in [9.17, 15) is 22.0 Å². The average molecular weight is 498 g/mol. The molecule has 6 nitrogen and oxygen atoms in total. The fourth-order valence-electron chi connectivity index (χ4n) is 3.41. The third kappa shape index (κ3) is 4.69. The molecule has 1 aliphatic rings. The van der Waals surface area contributed by atoms with Gasteiger partial charge in [-0.2, -0.15) is 17.4 Å². The van der Waals surface area contributed by atoms with E-state index in [2.05, 4.69) is 10.0 Å². The van der Waals surface area contributed by atoms with Gasteiger partial charge in [-0.3, -0.25) is 4.79 Å². The lowest BCUT2D eigenvalue weighted by molar-refractivity contribution is -0.120. The number of halogens is 3. The SMILES string of the molecule is CN1C(C(=O)Nc2ccc(F)c(Cl)c2)CC(c2ccc(-c3ccc(F)cc3)s2)NS1(=O)=O. The molecule has 1 aliphatic heterocycles. The molecule has 0 radical (unpaired) electrons. The number of hydrogen-bond donors (Lipinski definition) is 2. The number of amides is 1. The quantitative estimate of drug-likeness (QED) is 0.554. The van der Waals surface area contributed by atoms with Crippen LogP contribution in [-0.2, 0) is 15.0 Å². The Morgan fingerprint density at radius 1 is 1.16 bits per heavy atom. The van der Waals surface area contributed by atoms with Crippen molar-refractivity contribution >= 4 is 44.7 Å². The molecule has 1 saturated heterocycles. The molecule has 32 heavy (non-hydrogen) atoms. The van der Waals surface area contributed by atoms with Crippen molar-refractivity contribution in [2.24, 2.45) is 0 Å². The van der Waals surface area contributed by atoms with E-state index in [0.717, 1.165) is 25.7 Å². The number of carbonyl (C=O) groups excluding carboxylic acids is 1. The second-order valence-electron chi connectivity index (χ2n) is 7.27. The molecule has 3 aromatic rings. The topological polar surface area (TPSA) is 78.5 Å². The molecular weight excluding hydrogens is 480 g/mol. The first-order valence-corrected chi connectivity index (χ1v) is 12.1. The van der Waals surface area contributed by atoms with E-state index in [0.29, 0.717) is 0 Å². The van der Waals surface area contributed by atoms with Gasteiger partial charge in [-0.15, -0.1) is 11.3 Å². The Labute approximate surface area is 193 Å². The molecule has 11 heteroatoms. The molecule has 2 unspecified atom stereocenters. The molecule has 1 amide bonds. The Hall–Kier alpha value is -2.37. The summed E-state index contributed by atoms with van der Waals surface area (Å²) in [6.07, 6.45) is 0.180. The Kier molecular flexibility index (Phi) is 6.33. The second-order valence-corrected chi connectivity index (χ2v) is 10.6. The van der Waals surface area contributed by atoms with Crippen LogP contribution in [0, 0.1) is 11.6 Å². The number of anilines is 1. The highest BCUT2D eigenvalue weighted by molar-refractivity contribution is 7.87. The summed E-state index contributed by atoms with van der Waals surface area (Å²) in [5.74, 6) is -1.52. The molecule has 1 fully saturated rings. The predicted octanol–water partition coefficient (Wildman–Crippen LogP) is 4.57. The molecule has 2 N–H and O–H groups in total. The van der Waals surface area contributed by atoms with Gasteiger partial charge in [0.2, 0.25) is 5.91 Å². The summed E-state index contributed by atoms with van der Waals surface area (Å²) in [5.41, 5.74) is 1.07. The van der Waals surface area contributed by atoms with Crippen LogP contribution in [0.2, 0.25) is 5.02 Å². The van der Waals surface area contributed by atoms with Gasteiger partial charge in [0.1, 0.15) is 17.7 Å². The van der Waals surface area contributed by atoms with Gasteiger partial charge in [0.05, 0.1) is 11.1 Å². The smallest absolute Gasteiger partial charge is 0.280 e. The van der Waals surface area contributed by atoms with E-state index in [1.54, 1.807) is 18.2 Å². The third-order valence-electron chi connectivity index (χ3n) is 5.16. The van der Waals surface area contributed by atoms with Gasteiger partial charge in [-0.05, 0) is 54.4 Å². The highest BCUT2D eigenvalue weighted by Crippen LogP contribution is 2.36. The molecule has 0 aliphatic carbocycles. The highest BCUT2D eigenvalue weighted by Gasteiger charge is 2.41. The van der Waals surface area contributed by atoms with Crippen molar-refractivity contribution in [1.82, 2.24) is 9.03 Å². The number of likely N-dealkylation sites (N-methyl/N-ethyl adjacent to an activating group) is 1. The molecular formula is C21H18ClF2N3O3S2. The summed E-state index contributed by atoms with van der Waals surface area (Å²) >= 11 is 7.12. The molecule has 0 bridgehead atoms. The highest BCUT2D eigenvalue weighted by atomic mass is 35.5. The van der Waals surface area contributed by atoms with Gasteiger partial charge < -0.3 is 5.32 Å². The van der Waals surface area contributed by atoms with Crippen molar-refractivity contribution in [3.8, 4) is 10.4 Å². The van der Waals surface area contributed by atoms with Crippen molar-refractivity contribution < 1.29 is 22.0 Å². The lowest BCUT2D eigenvalue weighted by Gasteiger charge is -2.35. The van der Waals surface area contributed by atoms with Crippen LogP contribution in [0.3, 0.4) is 0 Å². The molecule has 1 aromatic heterocycles. The van der Waals surface area contributed by atoms with Gasteiger partial charge in [0.25, 0.3) is 10.2 Å². The van der Waals surface area contributed by atoms with Crippen molar-refractivity contribution in [2.75, 3.05) is 12.4 Å². The molecule has 0 spiro atoms. The van der Waals surface area contributed by atoms with Gasteiger partial charge >= 0.3 is 0 Å². The van der Waals surface area contributed by atoms with E-state index >= 15 is 0 Å². The maximum absolute atomic E-state index is 13.4. The molecule has 168 valence electrons. The van der Waals surface area contributed by atoms with Crippen LogP contribution in [0.4, 0.5) is 14.5 Å². The number of nitrogens with zero attached hydrogens (tertiary/aromatic N) is 1. The summed E-state index contributed by atoms with van der Waals surface area (Å²) < 4.78 is 55.5. The Morgan fingerprint density at radius 3 is 2.56 bits per heavy atom. The lowest BCUT2D eigenvalue weighted by atomic mass is 10.1. The van der Waals surface area contributed by atoms with Gasteiger partial charge in [-0.1, -0.05) is 23.7 Å². The first-order valence-electron chi connectivity index (χ1n) is 9.51. The monoisotopic (exact) mass is 497 g/mol. The van der Waals surface area contributed by atoms with E-state index in [1.165, 1.54) is 42.6 Å². The zero-order valence-corrected chi connectivity index (χ0v) is 19.1. The minimum Gasteiger partial charge on any atom is -0.325 e. The first kappa shape index (κ1) is 22.8. The van der Waals surface area contributed by atoms with Crippen LogP contribution in [0.1, 0.15) is 17.3 Å². The summed E-state index contributed by atoms with van der Waals surface area (Å²) in [4.78, 5) is 14.5. The minimum atomic E-state index is -3.93. The van der Waals surface area contributed by atoms with Crippen LogP contribution >= 0.6 is 22.9 Å². The molecule has 0 saturated carbocycles. The van der Waals surface area contributed by atoms with E-state index in [1.807, 2.05) is 6.07 Å². The maximum atomic E-state index is 13.4. The van der Waals surface area contributed by atoms with Crippen molar-refractivity contribution in [2.45, 2.75) is 18.5 Å². The number of rotatable bonds is 4.